The van der Waals surface area contributed by atoms with Crippen molar-refractivity contribution in [3.05, 3.63) is 60.4 Å². The Morgan fingerprint density at radius 1 is 0.796 bits per heavy atom. The number of alkyl carbamates (subject to hydrolysis) is 1. The third-order valence-electron chi connectivity index (χ3n) is 8.51. The van der Waals surface area contributed by atoms with E-state index in [1.807, 2.05) is 84.9 Å². The van der Waals surface area contributed by atoms with Gasteiger partial charge in [-0.1, -0.05) is 24.3 Å². The van der Waals surface area contributed by atoms with Crippen molar-refractivity contribution in [2.75, 3.05) is 47.2 Å². The van der Waals surface area contributed by atoms with Crippen LogP contribution in [-0.4, -0.2) is 95.4 Å². The first kappa shape index (κ1) is 40.1. The highest BCUT2D eigenvalue weighted by Crippen LogP contribution is 2.45. The van der Waals surface area contributed by atoms with Crippen LogP contribution < -0.4 is 14.8 Å². The van der Waals surface area contributed by atoms with Crippen molar-refractivity contribution >= 4 is 12.2 Å². The molecule has 3 heterocycles. The summed E-state index contributed by atoms with van der Waals surface area (Å²) in [4.78, 5) is 43.1. The average Bonchev–Trinajstić information content (AvgIpc) is 3.89. The van der Waals surface area contributed by atoms with Gasteiger partial charge in [-0.2, -0.15) is 0 Å². The molecule has 1 aliphatic rings. The van der Waals surface area contributed by atoms with Gasteiger partial charge in [0.1, 0.15) is 36.1 Å². The molecule has 0 saturated carbocycles. The van der Waals surface area contributed by atoms with Gasteiger partial charge in [-0.3, -0.25) is 4.90 Å². The summed E-state index contributed by atoms with van der Waals surface area (Å²) in [5, 5.41) is 2.82. The standard InChI is InChI=1S/C40H54N6O8/c1-25(43-37(47)53-39(2,3)4)35-41-23-30(44-35)27-14-12-26(13-15-27)28-16-17-29(34(52-22-20-50-9)33(28)51-21-19-49-8)31-24-42-36(45-31)32-11-10-18-46(32)38(48)54-40(5,6)7/h12-17,23-25,32H,10-11,18-22H2,1-9H3,(H,41,44)(H,42,45)(H,43,47)/t25-,32-/m0/s1. The predicted octanol–water partition coefficient (Wildman–Crippen LogP) is 7.84. The first-order valence-electron chi connectivity index (χ1n) is 18.3. The van der Waals surface area contributed by atoms with Crippen LogP contribution in [0.3, 0.4) is 0 Å². The van der Waals surface area contributed by atoms with Crippen LogP contribution in [0.5, 0.6) is 11.5 Å². The highest BCUT2D eigenvalue weighted by molar-refractivity contribution is 5.83. The molecule has 1 fully saturated rings. The lowest BCUT2D eigenvalue weighted by atomic mass is 9.98. The summed E-state index contributed by atoms with van der Waals surface area (Å²) < 4.78 is 34.5. The second-order valence-electron chi connectivity index (χ2n) is 15.1. The van der Waals surface area contributed by atoms with Gasteiger partial charge in [-0.25, -0.2) is 19.6 Å². The number of benzene rings is 2. The maximum Gasteiger partial charge on any atom is 0.410 e. The Hall–Kier alpha value is -5.08. The fraction of sp³-hybridized carbons (Fsp3) is 0.500. The second kappa shape index (κ2) is 17.4. The summed E-state index contributed by atoms with van der Waals surface area (Å²) in [7, 11) is 3.25. The van der Waals surface area contributed by atoms with Gasteiger partial charge >= 0.3 is 12.2 Å². The van der Waals surface area contributed by atoms with E-state index in [2.05, 4.69) is 20.3 Å². The van der Waals surface area contributed by atoms with Crippen LogP contribution in [0, 0.1) is 0 Å². The number of H-pyrrole nitrogens is 2. The van der Waals surface area contributed by atoms with Crippen LogP contribution in [0.1, 0.15) is 85.0 Å². The molecule has 14 nitrogen and oxygen atoms in total. The molecular weight excluding hydrogens is 692 g/mol. The van der Waals surface area contributed by atoms with E-state index in [0.29, 0.717) is 49.5 Å². The Morgan fingerprint density at radius 2 is 1.39 bits per heavy atom. The first-order valence-corrected chi connectivity index (χ1v) is 18.3. The van der Waals surface area contributed by atoms with Crippen LogP contribution >= 0.6 is 0 Å². The highest BCUT2D eigenvalue weighted by Gasteiger charge is 2.35. The zero-order valence-corrected chi connectivity index (χ0v) is 32.8. The highest BCUT2D eigenvalue weighted by atomic mass is 16.6. The maximum atomic E-state index is 13.0. The van der Waals surface area contributed by atoms with E-state index in [0.717, 1.165) is 46.5 Å². The van der Waals surface area contributed by atoms with E-state index in [-0.39, 0.29) is 24.8 Å². The van der Waals surface area contributed by atoms with Crippen molar-refractivity contribution in [2.24, 2.45) is 0 Å². The number of imidazole rings is 2. The van der Waals surface area contributed by atoms with Crippen molar-refractivity contribution in [3.63, 3.8) is 0 Å². The molecular formula is C40H54N6O8. The van der Waals surface area contributed by atoms with Gasteiger partial charge in [0.2, 0.25) is 0 Å². The predicted molar refractivity (Wildman–Crippen MR) is 204 cm³/mol. The minimum Gasteiger partial charge on any atom is -0.487 e. The molecule has 3 N–H and O–H groups in total. The molecule has 1 aliphatic heterocycles. The minimum atomic E-state index is -0.601. The van der Waals surface area contributed by atoms with Crippen molar-refractivity contribution in [3.8, 4) is 45.1 Å². The fourth-order valence-electron chi connectivity index (χ4n) is 6.06. The van der Waals surface area contributed by atoms with Crippen molar-refractivity contribution < 1.29 is 38.0 Å². The lowest BCUT2D eigenvalue weighted by Crippen LogP contribution is -2.36. The number of carbonyl (C=O) groups excluding carboxylic acids is 2. The number of ether oxygens (including phenoxy) is 6. The lowest BCUT2D eigenvalue weighted by Gasteiger charge is -2.27. The first-order chi connectivity index (χ1) is 25.7. The molecule has 1 saturated heterocycles. The number of nitrogens with zero attached hydrogens (tertiary/aromatic N) is 3. The number of methoxy groups -OCH3 is 2. The van der Waals surface area contributed by atoms with Crippen LogP contribution in [0.4, 0.5) is 9.59 Å². The molecule has 5 rings (SSSR count). The van der Waals surface area contributed by atoms with Crippen molar-refractivity contribution in [1.82, 2.24) is 30.2 Å². The van der Waals surface area contributed by atoms with Gasteiger partial charge in [0.15, 0.2) is 11.5 Å². The normalized spacial score (nSPS) is 15.2. The fourth-order valence-corrected chi connectivity index (χ4v) is 6.06. The number of hydrogen-bond donors (Lipinski definition) is 3. The molecule has 54 heavy (non-hydrogen) atoms. The molecule has 14 heteroatoms. The molecule has 0 aliphatic carbocycles. The third kappa shape index (κ3) is 10.3. The Balaban J connectivity index is 1.44. The van der Waals surface area contributed by atoms with Gasteiger partial charge in [0, 0.05) is 31.9 Å². The topological polar surface area (TPSA) is 162 Å². The molecule has 2 amide bonds. The molecule has 0 unspecified atom stereocenters. The van der Waals surface area contributed by atoms with Crippen LogP contribution in [0.2, 0.25) is 0 Å². The molecule has 0 radical (unpaired) electrons. The van der Waals surface area contributed by atoms with Crippen molar-refractivity contribution in [1.29, 1.82) is 0 Å². The number of likely N-dealkylation sites (tertiary alicyclic amines) is 1. The average molecular weight is 747 g/mol. The number of carbonyl (C=O) groups is 2. The molecule has 292 valence electrons. The van der Waals surface area contributed by atoms with Gasteiger partial charge in [-0.05, 0) is 84.6 Å². The summed E-state index contributed by atoms with van der Waals surface area (Å²) in [5.41, 5.74) is 3.70. The maximum absolute atomic E-state index is 13.0. The number of rotatable bonds is 14. The third-order valence-corrected chi connectivity index (χ3v) is 8.51. The molecule has 2 aromatic carbocycles. The van der Waals surface area contributed by atoms with E-state index in [9.17, 15) is 9.59 Å². The zero-order valence-electron chi connectivity index (χ0n) is 32.8. The summed E-state index contributed by atoms with van der Waals surface area (Å²) in [5.74, 6) is 2.36. The smallest absolute Gasteiger partial charge is 0.410 e. The number of aromatic amines is 2. The lowest BCUT2D eigenvalue weighted by molar-refractivity contribution is 0.0218. The zero-order chi connectivity index (χ0) is 39.0. The Morgan fingerprint density at radius 3 is 2.02 bits per heavy atom. The van der Waals surface area contributed by atoms with E-state index in [4.69, 9.17) is 33.4 Å². The number of hydrogen-bond acceptors (Lipinski definition) is 10. The van der Waals surface area contributed by atoms with E-state index in [1.165, 1.54) is 0 Å². The van der Waals surface area contributed by atoms with Gasteiger partial charge in [0.05, 0.1) is 49.1 Å². The summed E-state index contributed by atoms with van der Waals surface area (Å²) in [6.07, 6.45) is 4.26. The van der Waals surface area contributed by atoms with Crippen LogP contribution in [0.25, 0.3) is 33.6 Å². The molecule has 2 atom stereocenters. The number of amides is 2. The molecule has 0 bridgehead atoms. The van der Waals surface area contributed by atoms with E-state index in [1.54, 1.807) is 31.5 Å². The van der Waals surface area contributed by atoms with Crippen LogP contribution in [0.15, 0.2) is 48.8 Å². The minimum absolute atomic E-state index is 0.239. The largest absolute Gasteiger partial charge is 0.487 e. The summed E-state index contributed by atoms with van der Waals surface area (Å²) in [6, 6.07) is 11.4. The quantitative estimate of drug-likeness (QED) is 0.108. The molecule has 0 spiro atoms. The Bertz CT molecular complexity index is 1860. The van der Waals surface area contributed by atoms with Crippen LogP contribution in [-0.2, 0) is 18.9 Å². The van der Waals surface area contributed by atoms with E-state index < -0.39 is 17.3 Å². The molecule has 2 aromatic heterocycles. The van der Waals surface area contributed by atoms with Gasteiger partial charge in [-0.15, -0.1) is 0 Å². The summed E-state index contributed by atoms with van der Waals surface area (Å²) >= 11 is 0. The molecule has 4 aromatic rings. The van der Waals surface area contributed by atoms with Gasteiger partial charge in [0.25, 0.3) is 0 Å². The number of aromatic nitrogens is 4. The van der Waals surface area contributed by atoms with Gasteiger partial charge < -0.3 is 43.7 Å². The number of nitrogens with one attached hydrogen (secondary N) is 3. The van der Waals surface area contributed by atoms with Crippen molar-refractivity contribution in [2.45, 2.75) is 84.6 Å². The van der Waals surface area contributed by atoms with E-state index >= 15 is 0 Å². The Kier molecular flexibility index (Phi) is 12.9. The monoisotopic (exact) mass is 746 g/mol. The second-order valence-corrected chi connectivity index (χ2v) is 15.1. The Labute approximate surface area is 317 Å². The summed E-state index contributed by atoms with van der Waals surface area (Å²) in [6.45, 7) is 14.8. The SMILES string of the molecule is COCCOc1c(-c2ccc(-c3cnc([C@H](C)NC(=O)OC(C)(C)C)[nH]3)cc2)ccc(-c2cnc([C@@H]3CCCN3C(=O)OC(C)(C)C)[nH]2)c1OCCOC.